The van der Waals surface area contributed by atoms with Crippen LogP contribution >= 0.6 is 0 Å². The maximum atomic E-state index is 12.9. The van der Waals surface area contributed by atoms with Crippen molar-refractivity contribution in [2.45, 2.75) is 63.0 Å². The summed E-state index contributed by atoms with van der Waals surface area (Å²) in [5, 5.41) is 3.29. The fraction of sp³-hybridized carbons (Fsp3) is 0.917. The summed E-state index contributed by atoms with van der Waals surface area (Å²) in [6.45, 7) is 2.44. The van der Waals surface area contributed by atoms with Crippen molar-refractivity contribution in [1.29, 1.82) is 0 Å². The Balaban J connectivity index is 1.81. The van der Waals surface area contributed by atoms with Crippen molar-refractivity contribution in [3.8, 4) is 0 Å². The first-order chi connectivity index (χ1) is 7.91. The van der Waals surface area contributed by atoms with Gasteiger partial charge in [0.15, 0.2) is 0 Å². The fourth-order valence-corrected chi connectivity index (χ4v) is 2.63. The third-order valence-corrected chi connectivity index (χ3v) is 3.77. The second-order valence-corrected chi connectivity index (χ2v) is 5.44. The normalized spacial score (nSPS) is 31.2. The van der Waals surface area contributed by atoms with Gasteiger partial charge >= 0.3 is 11.9 Å². The standard InChI is InChI=1S/C12H19F2NO2/c1-11(5-3-2-4-6-11)15-8-9-7-12(13,14)10(16)17-9/h9,15H,2-8H2,1H3. The van der Waals surface area contributed by atoms with E-state index in [9.17, 15) is 13.6 Å². The number of rotatable bonds is 3. The van der Waals surface area contributed by atoms with Crippen LogP contribution in [-0.2, 0) is 9.53 Å². The molecule has 0 aromatic carbocycles. The Morgan fingerprint density at radius 3 is 2.53 bits per heavy atom. The molecule has 0 spiro atoms. The zero-order valence-electron chi connectivity index (χ0n) is 10.1. The number of cyclic esters (lactones) is 1. The average molecular weight is 247 g/mol. The van der Waals surface area contributed by atoms with Crippen molar-refractivity contribution in [1.82, 2.24) is 5.32 Å². The molecule has 5 heteroatoms. The zero-order valence-corrected chi connectivity index (χ0v) is 10.1. The highest BCUT2D eigenvalue weighted by molar-refractivity contribution is 5.79. The Kier molecular flexibility index (Phi) is 3.39. The van der Waals surface area contributed by atoms with Crippen LogP contribution in [-0.4, -0.2) is 30.1 Å². The molecule has 0 bridgehead atoms. The molecule has 17 heavy (non-hydrogen) atoms. The average Bonchev–Trinajstić information content (AvgIpc) is 2.52. The molecule has 1 N–H and O–H groups in total. The summed E-state index contributed by atoms with van der Waals surface area (Å²) in [6.07, 6.45) is 4.53. The summed E-state index contributed by atoms with van der Waals surface area (Å²) in [6, 6.07) is 0. The molecule has 1 saturated heterocycles. The molecule has 1 atom stereocenters. The molecule has 0 aromatic rings. The van der Waals surface area contributed by atoms with Gasteiger partial charge < -0.3 is 10.1 Å². The predicted octanol–water partition coefficient (Wildman–Crippen LogP) is 2.25. The molecule has 0 aromatic heterocycles. The van der Waals surface area contributed by atoms with Crippen molar-refractivity contribution in [2.75, 3.05) is 6.54 Å². The Labute approximate surface area is 99.9 Å². The van der Waals surface area contributed by atoms with Gasteiger partial charge in [-0.25, -0.2) is 4.79 Å². The molecule has 2 fully saturated rings. The number of halogens is 2. The number of alkyl halides is 2. The topological polar surface area (TPSA) is 38.3 Å². The van der Waals surface area contributed by atoms with E-state index in [4.69, 9.17) is 0 Å². The minimum absolute atomic E-state index is 0.0164. The SMILES string of the molecule is CC1(NCC2CC(F)(F)C(=O)O2)CCCCC1. The Morgan fingerprint density at radius 1 is 1.35 bits per heavy atom. The Hall–Kier alpha value is -0.710. The van der Waals surface area contributed by atoms with Crippen molar-refractivity contribution >= 4 is 5.97 Å². The monoisotopic (exact) mass is 247 g/mol. The van der Waals surface area contributed by atoms with Gasteiger partial charge in [-0.15, -0.1) is 0 Å². The van der Waals surface area contributed by atoms with E-state index >= 15 is 0 Å². The number of nitrogens with one attached hydrogen (secondary N) is 1. The minimum atomic E-state index is -3.29. The Bertz CT molecular complexity index is 301. The lowest BCUT2D eigenvalue weighted by molar-refractivity contribution is -0.159. The minimum Gasteiger partial charge on any atom is -0.456 e. The van der Waals surface area contributed by atoms with E-state index in [1.807, 2.05) is 0 Å². The summed E-state index contributed by atoms with van der Waals surface area (Å²) in [5.74, 6) is -4.67. The van der Waals surface area contributed by atoms with Crippen LogP contribution in [0.4, 0.5) is 8.78 Å². The smallest absolute Gasteiger partial charge is 0.377 e. The highest BCUT2D eigenvalue weighted by atomic mass is 19.3. The number of ether oxygens (including phenoxy) is 1. The molecule has 0 radical (unpaired) electrons. The van der Waals surface area contributed by atoms with Crippen molar-refractivity contribution < 1.29 is 18.3 Å². The molecule has 0 amide bonds. The van der Waals surface area contributed by atoms with E-state index in [0.717, 1.165) is 12.8 Å². The van der Waals surface area contributed by atoms with E-state index in [1.54, 1.807) is 0 Å². The van der Waals surface area contributed by atoms with Crippen LogP contribution in [0.2, 0.25) is 0 Å². The van der Waals surface area contributed by atoms with Crippen LogP contribution in [0.15, 0.2) is 0 Å². The van der Waals surface area contributed by atoms with E-state index in [1.165, 1.54) is 19.3 Å². The number of carbonyl (C=O) groups excluding carboxylic acids is 1. The molecule has 1 heterocycles. The third-order valence-electron chi connectivity index (χ3n) is 3.77. The van der Waals surface area contributed by atoms with Crippen molar-refractivity contribution in [2.24, 2.45) is 0 Å². The van der Waals surface area contributed by atoms with Crippen molar-refractivity contribution in [3.05, 3.63) is 0 Å². The first-order valence-electron chi connectivity index (χ1n) is 6.25. The van der Waals surface area contributed by atoms with Gasteiger partial charge in [-0.3, -0.25) is 0 Å². The molecule has 1 saturated carbocycles. The van der Waals surface area contributed by atoms with Crippen LogP contribution in [0, 0.1) is 0 Å². The first kappa shape index (κ1) is 12.7. The van der Waals surface area contributed by atoms with Crippen LogP contribution in [0.25, 0.3) is 0 Å². The molecule has 3 nitrogen and oxygen atoms in total. The van der Waals surface area contributed by atoms with Crippen LogP contribution < -0.4 is 5.32 Å². The number of esters is 1. The summed E-state index contributed by atoms with van der Waals surface area (Å²) in [5.41, 5.74) is 0.0164. The van der Waals surface area contributed by atoms with E-state index in [2.05, 4.69) is 17.0 Å². The summed E-state index contributed by atoms with van der Waals surface area (Å²) in [7, 11) is 0. The molecule has 1 aliphatic carbocycles. The van der Waals surface area contributed by atoms with Gasteiger partial charge in [0.05, 0.1) is 6.42 Å². The zero-order chi connectivity index (χ0) is 12.5. The fourth-order valence-electron chi connectivity index (χ4n) is 2.63. The van der Waals surface area contributed by atoms with Gasteiger partial charge in [0, 0.05) is 12.1 Å². The highest BCUT2D eigenvalue weighted by Crippen LogP contribution is 2.32. The lowest BCUT2D eigenvalue weighted by Gasteiger charge is -2.35. The predicted molar refractivity (Wildman–Crippen MR) is 58.9 cm³/mol. The van der Waals surface area contributed by atoms with E-state index < -0.39 is 24.4 Å². The number of hydrogen-bond acceptors (Lipinski definition) is 3. The van der Waals surface area contributed by atoms with Gasteiger partial charge in [0.1, 0.15) is 6.10 Å². The van der Waals surface area contributed by atoms with Gasteiger partial charge in [-0.2, -0.15) is 8.78 Å². The second-order valence-electron chi connectivity index (χ2n) is 5.44. The van der Waals surface area contributed by atoms with E-state index in [0.29, 0.717) is 6.54 Å². The quantitative estimate of drug-likeness (QED) is 0.777. The van der Waals surface area contributed by atoms with Crippen LogP contribution in [0.3, 0.4) is 0 Å². The van der Waals surface area contributed by atoms with Gasteiger partial charge in [-0.05, 0) is 19.8 Å². The molecular formula is C12H19F2NO2. The summed E-state index contributed by atoms with van der Waals surface area (Å²) in [4.78, 5) is 10.8. The third kappa shape index (κ3) is 2.94. The lowest BCUT2D eigenvalue weighted by atomic mass is 9.83. The maximum Gasteiger partial charge on any atom is 0.377 e. The Morgan fingerprint density at radius 2 is 2.00 bits per heavy atom. The summed E-state index contributed by atoms with van der Waals surface area (Å²) >= 11 is 0. The van der Waals surface area contributed by atoms with Crippen molar-refractivity contribution in [3.63, 3.8) is 0 Å². The van der Waals surface area contributed by atoms with Gasteiger partial charge in [0.2, 0.25) is 0 Å². The summed E-state index contributed by atoms with van der Waals surface area (Å²) < 4.78 is 30.6. The number of carbonyl (C=O) groups is 1. The second kappa shape index (κ2) is 4.52. The number of hydrogen-bond donors (Lipinski definition) is 1. The van der Waals surface area contributed by atoms with Gasteiger partial charge in [0.25, 0.3) is 0 Å². The molecular weight excluding hydrogens is 228 g/mol. The van der Waals surface area contributed by atoms with Crippen LogP contribution in [0.5, 0.6) is 0 Å². The molecule has 2 aliphatic rings. The largest absolute Gasteiger partial charge is 0.456 e. The molecule has 1 aliphatic heterocycles. The maximum absolute atomic E-state index is 12.9. The molecule has 98 valence electrons. The van der Waals surface area contributed by atoms with E-state index in [-0.39, 0.29) is 5.54 Å². The molecule has 2 rings (SSSR count). The lowest BCUT2D eigenvalue weighted by Crippen LogP contribution is -2.47. The van der Waals surface area contributed by atoms with Gasteiger partial charge in [-0.1, -0.05) is 19.3 Å². The molecule has 1 unspecified atom stereocenters. The first-order valence-corrected chi connectivity index (χ1v) is 6.25. The van der Waals surface area contributed by atoms with Crippen LogP contribution in [0.1, 0.15) is 45.4 Å². The highest BCUT2D eigenvalue weighted by Gasteiger charge is 2.50.